The number of rotatable bonds is 5. The SMILES string of the molecule is C#CC(CCCC)Oc1cc(Br)ccc1I. The molecule has 0 aliphatic rings. The van der Waals surface area contributed by atoms with Crippen LogP contribution in [-0.4, -0.2) is 6.10 Å². The number of hydrogen-bond donors (Lipinski definition) is 0. The molecule has 0 aliphatic carbocycles. The Labute approximate surface area is 119 Å². The molecule has 1 aromatic rings. The van der Waals surface area contributed by atoms with Crippen LogP contribution in [0.15, 0.2) is 22.7 Å². The Morgan fingerprint density at radius 1 is 1.56 bits per heavy atom. The molecule has 0 bridgehead atoms. The summed E-state index contributed by atoms with van der Waals surface area (Å²) in [6.45, 7) is 2.15. The van der Waals surface area contributed by atoms with Crippen molar-refractivity contribution in [2.75, 3.05) is 0 Å². The molecule has 0 radical (unpaired) electrons. The first-order valence-electron chi connectivity index (χ1n) is 5.25. The van der Waals surface area contributed by atoms with Crippen LogP contribution in [0.5, 0.6) is 5.75 Å². The van der Waals surface area contributed by atoms with Gasteiger partial charge >= 0.3 is 0 Å². The fourth-order valence-corrected chi connectivity index (χ4v) is 2.09. The summed E-state index contributed by atoms with van der Waals surface area (Å²) in [4.78, 5) is 0. The lowest BCUT2D eigenvalue weighted by Gasteiger charge is -2.14. The third-order valence-electron chi connectivity index (χ3n) is 2.17. The zero-order valence-corrected chi connectivity index (χ0v) is 12.9. The van der Waals surface area contributed by atoms with Gasteiger partial charge in [-0.2, -0.15) is 0 Å². The molecular weight excluding hydrogens is 379 g/mol. The summed E-state index contributed by atoms with van der Waals surface area (Å²) in [5.41, 5.74) is 0. The van der Waals surface area contributed by atoms with Crippen LogP contribution in [-0.2, 0) is 0 Å². The van der Waals surface area contributed by atoms with E-state index in [4.69, 9.17) is 11.2 Å². The zero-order chi connectivity index (χ0) is 12.0. The molecule has 0 N–H and O–H groups in total. The second-order valence-corrected chi connectivity index (χ2v) is 5.57. The van der Waals surface area contributed by atoms with E-state index >= 15 is 0 Å². The van der Waals surface area contributed by atoms with Gasteiger partial charge in [-0.25, -0.2) is 0 Å². The molecule has 1 rings (SSSR count). The molecule has 0 fully saturated rings. The number of benzene rings is 1. The first-order chi connectivity index (χ1) is 7.67. The largest absolute Gasteiger partial charge is 0.477 e. The summed E-state index contributed by atoms with van der Waals surface area (Å²) in [6.07, 6.45) is 8.48. The quantitative estimate of drug-likeness (QED) is 0.524. The summed E-state index contributed by atoms with van der Waals surface area (Å²) < 4.78 is 7.89. The molecule has 1 unspecified atom stereocenters. The average Bonchev–Trinajstić information content (AvgIpc) is 2.28. The van der Waals surface area contributed by atoms with Crippen molar-refractivity contribution in [2.24, 2.45) is 0 Å². The molecule has 0 spiro atoms. The van der Waals surface area contributed by atoms with Gasteiger partial charge in [-0.15, -0.1) is 6.42 Å². The number of terminal acetylenes is 1. The maximum atomic E-state index is 5.80. The van der Waals surface area contributed by atoms with Crippen molar-refractivity contribution in [3.8, 4) is 18.1 Å². The minimum atomic E-state index is -0.122. The molecule has 1 nitrogen and oxygen atoms in total. The van der Waals surface area contributed by atoms with Gasteiger partial charge in [0.05, 0.1) is 3.57 Å². The summed E-state index contributed by atoms with van der Waals surface area (Å²) in [5, 5.41) is 0. The molecular formula is C13H14BrIO. The molecule has 0 aliphatic heterocycles. The van der Waals surface area contributed by atoms with E-state index in [1.165, 1.54) is 0 Å². The van der Waals surface area contributed by atoms with E-state index in [0.29, 0.717) is 0 Å². The zero-order valence-electron chi connectivity index (χ0n) is 9.17. The molecule has 0 aromatic heterocycles. The van der Waals surface area contributed by atoms with Crippen LogP contribution in [0.2, 0.25) is 0 Å². The van der Waals surface area contributed by atoms with Crippen LogP contribution in [0, 0.1) is 15.9 Å². The van der Waals surface area contributed by atoms with Crippen molar-refractivity contribution < 1.29 is 4.74 Å². The highest BCUT2D eigenvalue weighted by molar-refractivity contribution is 14.1. The van der Waals surface area contributed by atoms with Crippen LogP contribution >= 0.6 is 38.5 Å². The smallest absolute Gasteiger partial charge is 0.158 e. The number of halogens is 2. The van der Waals surface area contributed by atoms with Gasteiger partial charge in [-0.3, -0.25) is 0 Å². The van der Waals surface area contributed by atoms with Gasteiger partial charge in [0.2, 0.25) is 0 Å². The topological polar surface area (TPSA) is 9.23 Å². The predicted octanol–water partition coefficient (Wildman–Crippen LogP) is 4.62. The standard InChI is InChI=1S/C13H14BrIO/c1-3-5-6-11(4-2)16-13-9-10(14)7-8-12(13)15/h2,7-9,11H,3,5-6H2,1H3. The van der Waals surface area contributed by atoms with E-state index in [9.17, 15) is 0 Å². The maximum Gasteiger partial charge on any atom is 0.158 e. The lowest BCUT2D eigenvalue weighted by Crippen LogP contribution is -2.14. The second-order valence-electron chi connectivity index (χ2n) is 3.49. The minimum absolute atomic E-state index is 0.122. The van der Waals surface area contributed by atoms with E-state index in [0.717, 1.165) is 33.1 Å². The van der Waals surface area contributed by atoms with Crippen LogP contribution < -0.4 is 4.74 Å². The van der Waals surface area contributed by atoms with Gasteiger partial charge < -0.3 is 4.74 Å². The third kappa shape index (κ3) is 4.34. The van der Waals surface area contributed by atoms with Gasteiger partial charge in [0, 0.05) is 4.47 Å². The Balaban J connectivity index is 2.70. The van der Waals surface area contributed by atoms with Crippen molar-refractivity contribution in [2.45, 2.75) is 32.3 Å². The molecule has 0 saturated carbocycles. The maximum absolute atomic E-state index is 5.80. The fraction of sp³-hybridized carbons (Fsp3) is 0.385. The Kier molecular flexibility index (Phi) is 6.22. The Hall–Kier alpha value is -0.210. The Morgan fingerprint density at radius 3 is 2.94 bits per heavy atom. The molecule has 0 heterocycles. The summed E-state index contributed by atoms with van der Waals surface area (Å²) in [5.74, 6) is 3.55. The molecule has 3 heteroatoms. The summed E-state index contributed by atoms with van der Waals surface area (Å²) >= 11 is 5.68. The van der Waals surface area contributed by atoms with Gasteiger partial charge in [-0.1, -0.05) is 35.2 Å². The van der Waals surface area contributed by atoms with Crippen molar-refractivity contribution >= 4 is 38.5 Å². The van der Waals surface area contributed by atoms with Crippen molar-refractivity contribution in [3.63, 3.8) is 0 Å². The van der Waals surface area contributed by atoms with E-state index < -0.39 is 0 Å². The summed E-state index contributed by atoms with van der Waals surface area (Å²) in [7, 11) is 0. The third-order valence-corrected chi connectivity index (χ3v) is 3.55. The fourth-order valence-electron chi connectivity index (χ4n) is 1.29. The summed E-state index contributed by atoms with van der Waals surface area (Å²) in [6, 6.07) is 5.96. The minimum Gasteiger partial charge on any atom is -0.477 e. The van der Waals surface area contributed by atoms with Gasteiger partial charge in [0.15, 0.2) is 6.10 Å². The Morgan fingerprint density at radius 2 is 2.31 bits per heavy atom. The van der Waals surface area contributed by atoms with Crippen molar-refractivity contribution in [1.29, 1.82) is 0 Å². The molecule has 1 atom stereocenters. The molecule has 1 aromatic carbocycles. The molecule has 16 heavy (non-hydrogen) atoms. The van der Waals surface area contributed by atoms with Crippen molar-refractivity contribution in [3.05, 3.63) is 26.2 Å². The highest BCUT2D eigenvalue weighted by atomic mass is 127. The molecule has 86 valence electrons. The Bertz CT molecular complexity index is 384. The van der Waals surface area contributed by atoms with E-state index in [2.05, 4.69) is 51.4 Å². The van der Waals surface area contributed by atoms with E-state index in [1.54, 1.807) is 0 Å². The van der Waals surface area contributed by atoms with Crippen LogP contribution in [0.1, 0.15) is 26.2 Å². The van der Waals surface area contributed by atoms with E-state index in [1.807, 2.05) is 18.2 Å². The van der Waals surface area contributed by atoms with Gasteiger partial charge in [0.25, 0.3) is 0 Å². The van der Waals surface area contributed by atoms with Gasteiger partial charge in [0.1, 0.15) is 5.75 Å². The van der Waals surface area contributed by atoms with Gasteiger partial charge in [-0.05, 0) is 53.6 Å². The molecule has 0 saturated heterocycles. The number of ether oxygens (including phenoxy) is 1. The lowest BCUT2D eigenvalue weighted by atomic mass is 10.2. The van der Waals surface area contributed by atoms with Crippen molar-refractivity contribution in [1.82, 2.24) is 0 Å². The van der Waals surface area contributed by atoms with Crippen LogP contribution in [0.3, 0.4) is 0 Å². The van der Waals surface area contributed by atoms with Crippen LogP contribution in [0.4, 0.5) is 0 Å². The average molecular weight is 393 g/mol. The van der Waals surface area contributed by atoms with Crippen LogP contribution in [0.25, 0.3) is 0 Å². The normalized spacial score (nSPS) is 11.9. The second kappa shape index (κ2) is 7.18. The van der Waals surface area contributed by atoms with E-state index in [-0.39, 0.29) is 6.10 Å². The predicted molar refractivity (Wildman–Crippen MR) is 79.6 cm³/mol. The highest BCUT2D eigenvalue weighted by Crippen LogP contribution is 2.26. The first kappa shape index (κ1) is 13.9. The lowest BCUT2D eigenvalue weighted by molar-refractivity contribution is 0.242. The first-order valence-corrected chi connectivity index (χ1v) is 7.12. The molecule has 0 amide bonds. The number of hydrogen-bond acceptors (Lipinski definition) is 1. The monoisotopic (exact) mass is 392 g/mol. The number of unbranched alkanes of at least 4 members (excludes halogenated alkanes) is 1. The highest BCUT2D eigenvalue weighted by Gasteiger charge is 2.09.